The van der Waals surface area contributed by atoms with Crippen LogP contribution in [0.3, 0.4) is 0 Å². The third kappa shape index (κ3) is 3.37. The number of nitrogens with one attached hydrogen (secondary N) is 1. The Morgan fingerprint density at radius 1 is 1.11 bits per heavy atom. The first-order valence-corrected chi connectivity index (χ1v) is 10.1. The summed E-state index contributed by atoms with van der Waals surface area (Å²) in [4.78, 5) is 29.6. The van der Waals surface area contributed by atoms with E-state index in [1.807, 2.05) is 18.0 Å². The summed E-state index contributed by atoms with van der Waals surface area (Å²) >= 11 is 0. The van der Waals surface area contributed by atoms with Gasteiger partial charge >= 0.3 is 0 Å². The third-order valence-corrected chi connectivity index (χ3v) is 5.93. The van der Waals surface area contributed by atoms with E-state index in [0.717, 1.165) is 43.5 Å². The maximum atomic E-state index is 12.8. The molecule has 0 aromatic heterocycles. The number of aryl methyl sites for hydroxylation is 1. The predicted octanol–water partition coefficient (Wildman–Crippen LogP) is 3.58. The van der Waals surface area contributed by atoms with E-state index in [9.17, 15) is 9.59 Å². The molecule has 0 bridgehead atoms. The van der Waals surface area contributed by atoms with Crippen LogP contribution in [-0.4, -0.2) is 36.5 Å². The van der Waals surface area contributed by atoms with Gasteiger partial charge in [0.1, 0.15) is 6.17 Å². The topological polar surface area (TPSA) is 52.7 Å². The molecule has 1 N–H and O–H groups in total. The van der Waals surface area contributed by atoms with Crippen molar-refractivity contribution in [3.05, 3.63) is 64.7 Å². The summed E-state index contributed by atoms with van der Waals surface area (Å²) in [6, 6.07) is 13.7. The maximum Gasteiger partial charge on any atom is 0.257 e. The Morgan fingerprint density at radius 3 is 2.61 bits per heavy atom. The number of amides is 2. The van der Waals surface area contributed by atoms with Crippen molar-refractivity contribution in [2.24, 2.45) is 0 Å². The van der Waals surface area contributed by atoms with Crippen LogP contribution in [0, 0.1) is 0 Å². The number of hydrogen-bond acceptors (Lipinski definition) is 3. The second-order valence-electron chi connectivity index (χ2n) is 7.67. The number of rotatable bonds is 4. The van der Waals surface area contributed by atoms with Gasteiger partial charge in [-0.05, 0) is 55.0 Å². The van der Waals surface area contributed by atoms with Crippen LogP contribution < -0.4 is 10.2 Å². The zero-order chi connectivity index (χ0) is 19.7. The average Bonchev–Trinajstić information content (AvgIpc) is 2.75. The summed E-state index contributed by atoms with van der Waals surface area (Å²) in [5.41, 5.74) is 4.50. The maximum absolute atomic E-state index is 12.8. The van der Waals surface area contributed by atoms with Crippen molar-refractivity contribution >= 4 is 17.5 Å². The second kappa shape index (κ2) is 7.66. The van der Waals surface area contributed by atoms with Crippen LogP contribution in [-0.2, 0) is 13.0 Å². The molecule has 0 aliphatic carbocycles. The first-order valence-electron chi connectivity index (χ1n) is 10.1. The molecule has 0 radical (unpaired) electrons. The number of carbonyl (C=O) groups excluding carboxylic acids is 2. The van der Waals surface area contributed by atoms with Gasteiger partial charge in [-0.1, -0.05) is 31.2 Å². The molecular formula is C23H27N3O2. The summed E-state index contributed by atoms with van der Waals surface area (Å²) in [5, 5.41) is 2.99. The van der Waals surface area contributed by atoms with E-state index in [1.165, 1.54) is 5.56 Å². The minimum Gasteiger partial charge on any atom is -0.354 e. The molecule has 1 saturated heterocycles. The fourth-order valence-electron chi connectivity index (χ4n) is 4.19. The van der Waals surface area contributed by atoms with E-state index in [4.69, 9.17) is 0 Å². The molecule has 0 spiro atoms. The summed E-state index contributed by atoms with van der Waals surface area (Å²) in [5.74, 6) is -0.0323. The summed E-state index contributed by atoms with van der Waals surface area (Å²) in [6.45, 7) is 3.43. The first kappa shape index (κ1) is 18.5. The molecule has 146 valence electrons. The molecule has 2 aliphatic heterocycles. The standard InChI is InChI=1S/C23H27N3O2/c1-3-16-7-9-17(10-8-16)15-24-22(27)18-11-12-19-20(14-18)25(2)21-6-4-5-13-26(21)23(19)28/h7-12,14,21H,3-6,13,15H2,1-2H3,(H,24,27)/t21-/m1/s1. The van der Waals surface area contributed by atoms with E-state index < -0.39 is 0 Å². The minimum absolute atomic E-state index is 0.0840. The SMILES string of the molecule is CCc1ccc(CNC(=O)c2ccc3c(c2)N(C)[C@H]2CCCCN2C3=O)cc1. The number of nitrogens with zero attached hydrogens (tertiary/aromatic N) is 2. The summed E-state index contributed by atoms with van der Waals surface area (Å²) < 4.78 is 0. The average molecular weight is 377 g/mol. The predicted molar refractivity (Wildman–Crippen MR) is 111 cm³/mol. The smallest absolute Gasteiger partial charge is 0.257 e. The van der Waals surface area contributed by atoms with Crippen LogP contribution in [0.2, 0.25) is 0 Å². The van der Waals surface area contributed by atoms with E-state index in [-0.39, 0.29) is 18.0 Å². The highest BCUT2D eigenvalue weighted by molar-refractivity contribution is 6.04. The highest BCUT2D eigenvalue weighted by Gasteiger charge is 2.37. The Bertz CT molecular complexity index is 891. The van der Waals surface area contributed by atoms with E-state index in [1.54, 1.807) is 12.1 Å². The van der Waals surface area contributed by atoms with Crippen molar-refractivity contribution in [2.75, 3.05) is 18.5 Å². The van der Waals surface area contributed by atoms with Crippen molar-refractivity contribution in [3.8, 4) is 0 Å². The van der Waals surface area contributed by atoms with E-state index >= 15 is 0 Å². The zero-order valence-corrected chi connectivity index (χ0v) is 16.6. The largest absolute Gasteiger partial charge is 0.354 e. The number of anilines is 1. The zero-order valence-electron chi connectivity index (χ0n) is 16.6. The number of carbonyl (C=O) groups is 2. The van der Waals surface area contributed by atoms with Gasteiger partial charge in [0, 0.05) is 25.7 Å². The fourth-order valence-corrected chi connectivity index (χ4v) is 4.19. The lowest BCUT2D eigenvalue weighted by Crippen LogP contribution is -2.55. The number of hydrogen-bond donors (Lipinski definition) is 1. The Morgan fingerprint density at radius 2 is 1.86 bits per heavy atom. The van der Waals surface area contributed by atoms with Gasteiger partial charge in [-0.25, -0.2) is 0 Å². The summed E-state index contributed by atoms with van der Waals surface area (Å²) in [7, 11) is 2.02. The van der Waals surface area contributed by atoms with Crippen LogP contribution in [0.5, 0.6) is 0 Å². The van der Waals surface area contributed by atoms with Crippen molar-refractivity contribution < 1.29 is 9.59 Å². The van der Waals surface area contributed by atoms with Crippen molar-refractivity contribution in [3.63, 3.8) is 0 Å². The van der Waals surface area contributed by atoms with Gasteiger partial charge in [-0.2, -0.15) is 0 Å². The Hall–Kier alpha value is -2.82. The van der Waals surface area contributed by atoms with E-state index in [2.05, 4.69) is 41.4 Å². The van der Waals surface area contributed by atoms with Gasteiger partial charge in [0.25, 0.3) is 11.8 Å². The Balaban J connectivity index is 1.50. The highest BCUT2D eigenvalue weighted by atomic mass is 16.2. The molecule has 4 rings (SSSR count). The monoisotopic (exact) mass is 377 g/mol. The molecule has 2 aromatic carbocycles. The van der Waals surface area contributed by atoms with Gasteiger partial charge in [0.05, 0.1) is 11.3 Å². The molecule has 1 fully saturated rings. The van der Waals surface area contributed by atoms with Crippen LogP contribution in [0.4, 0.5) is 5.69 Å². The molecule has 2 aromatic rings. The van der Waals surface area contributed by atoms with Gasteiger partial charge in [-0.15, -0.1) is 0 Å². The van der Waals surface area contributed by atoms with Gasteiger partial charge in [0.15, 0.2) is 0 Å². The van der Waals surface area contributed by atoms with Crippen molar-refractivity contribution in [2.45, 2.75) is 45.3 Å². The normalized spacial score (nSPS) is 18.5. The molecule has 2 aliphatic rings. The van der Waals surface area contributed by atoms with Crippen LogP contribution in [0.15, 0.2) is 42.5 Å². The molecule has 28 heavy (non-hydrogen) atoms. The Kier molecular flexibility index (Phi) is 5.07. The highest BCUT2D eigenvalue weighted by Crippen LogP contribution is 2.34. The molecule has 0 saturated carbocycles. The van der Waals surface area contributed by atoms with Crippen LogP contribution in [0.25, 0.3) is 0 Å². The molecular weight excluding hydrogens is 350 g/mol. The van der Waals surface area contributed by atoms with Crippen LogP contribution in [0.1, 0.15) is 58.0 Å². The second-order valence-corrected chi connectivity index (χ2v) is 7.67. The van der Waals surface area contributed by atoms with Crippen molar-refractivity contribution in [1.29, 1.82) is 0 Å². The first-order chi connectivity index (χ1) is 13.6. The van der Waals surface area contributed by atoms with Crippen molar-refractivity contribution in [1.82, 2.24) is 10.2 Å². The van der Waals surface area contributed by atoms with E-state index in [0.29, 0.717) is 17.7 Å². The lowest BCUT2D eigenvalue weighted by molar-refractivity contribution is 0.0589. The Labute approximate surface area is 166 Å². The molecule has 5 heteroatoms. The molecule has 5 nitrogen and oxygen atoms in total. The lowest BCUT2D eigenvalue weighted by atomic mass is 9.97. The molecule has 2 heterocycles. The fraction of sp³-hybridized carbons (Fsp3) is 0.391. The number of fused-ring (bicyclic) bond motifs is 2. The van der Waals surface area contributed by atoms with Gasteiger partial charge in [0.2, 0.25) is 0 Å². The molecule has 2 amide bonds. The quantitative estimate of drug-likeness (QED) is 0.886. The third-order valence-electron chi connectivity index (χ3n) is 5.93. The number of piperidine rings is 1. The minimum atomic E-state index is -0.116. The molecule has 0 unspecified atom stereocenters. The number of benzene rings is 2. The summed E-state index contributed by atoms with van der Waals surface area (Å²) in [6.07, 6.45) is 4.28. The lowest BCUT2D eigenvalue weighted by Gasteiger charge is -2.46. The molecule has 1 atom stereocenters. The van der Waals surface area contributed by atoms with Crippen LogP contribution >= 0.6 is 0 Å². The van der Waals surface area contributed by atoms with Gasteiger partial charge in [-0.3, -0.25) is 9.59 Å². The van der Waals surface area contributed by atoms with Gasteiger partial charge < -0.3 is 15.1 Å².